The topological polar surface area (TPSA) is 72.6 Å². The third kappa shape index (κ3) is 5.58. The molecule has 0 radical (unpaired) electrons. The van der Waals surface area contributed by atoms with Gasteiger partial charge in [0.25, 0.3) is 5.91 Å². The van der Waals surface area contributed by atoms with E-state index in [9.17, 15) is 14.0 Å². The summed E-state index contributed by atoms with van der Waals surface area (Å²) in [7, 11) is 0. The molecule has 0 aromatic heterocycles. The minimum absolute atomic E-state index is 0.00660. The highest BCUT2D eigenvalue weighted by molar-refractivity contribution is 6.06. The van der Waals surface area contributed by atoms with E-state index in [1.165, 1.54) is 29.2 Å². The fourth-order valence-electron chi connectivity index (χ4n) is 2.33. The number of carbonyl (C=O) groups is 2. The van der Waals surface area contributed by atoms with Crippen molar-refractivity contribution in [1.29, 1.82) is 0 Å². The monoisotopic (exact) mass is 358 g/mol. The van der Waals surface area contributed by atoms with Crippen molar-refractivity contribution in [2.24, 2.45) is 11.7 Å². The normalized spacial score (nSPS) is 10.6. The molecule has 26 heavy (non-hydrogen) atoms. The number of nitrogens with zero attached hydrogens (tertiary/aromatic N) is 1. The van der Waals surface area contributed by atoms with Gasteiger partial charge in [-0.1, -0.05) is 19.9 Å². The lowest BCUT2D eigenvalue weighted by Gasteiger charge is -2.23. The van der Waals surface area contributed by atoms with Gasteiger partial charge in [-0.3, -0.25) is 9.59 Å². The van der Waals surface area contributed by atoms with Crippen molar-refractivity contribution >= 4 is 17.5 Å². The quantitative estimate of drug-likeness (QED) is 0.786. The second-order valence-corrected chi connectivity index (χ2v) is 6.38. The number of benzene rings is 2. The molecule has 0 aliphatic heterocycles. The predicted octanol–water partition coefficient (Wildman–Crippen LogP) is 3.38. The molecule has 5 nitrogen and oxygen atoms in total. The molecule has 0 saturated heterocycles. The van der Waals surface area contributed by atoms with Crippen LogP contribution in [0, 0.1) is 11.7 Å². The second-order valence-electron chi connectivity index (χ2n) is 6.38. The Hall–Kier alpha value is -2.89. The molecule has 0 fully saturated rings. The fourth-order valence-corrected chi connectivity index (χ4v) is 2.33. The van der Waals surface area contributed by atoms with Crippen molar-refractivity contribution in [1.82, 2.24) is 0 Å². The molecule has 138 valence electrons. The molecular formula is C20H23FN2O3. The van der Waals surface area contributed by atoms with E-state index in [4.69, 9.17) is 10.5 Å². The number of hydrogen-bond donors (Lipinski definition) is 1. The van der Waals surface area contributed by atoms with Gasteiger partial charge in [0, 0.05) is 24.2 Å². The van der Waals surface area contributed by atoms with E-state index in [1.54, 1.807) is 24.3 Å². The molecule has 2 rings (SSSR count). The van der Waals surface area contributed by atoms with Gasteiger partial charge in [-0.25, -0.2) is 4.39 Å². The maximum Gasteiger partial charge on any atom is 0.258 e. The number of primary amides is 1. The van der Waals surface area contributed by atoms with Crippen molar-refractivity contribution in [3.63, 3.8) is 0 Å². The van der Waals surface area contributed by atoms with Crippen LogP contribution in [0.4, 0.5) is 10.1 Å². The van der Waals surface area contributed by atoms with Crippen LogP contribution in [0.1, 0.15) is 30.6 Å². The van der Waals surface area contributed by atoms with Crippen LogP contribution in [0.15, 0.2) is 48.5 Å². The van der Waals surface area contributed by atoms with Crippen molar-refractivity contribution in [2.75, 3.05) is 18.1 Å². The first-order valence-electron chi connectivity index (χ1n) is 8.45. The van der Waals surface area contributed by atoms with Crippen LogP contribution in [0.25, 0.3) is 0 Å². The highest BCUT2D eigenvalue weighted by atomic mass is 19.1. The maximum absolute atomic E-state index is 13.2. The van der Waals surface area contributed by atoms with Crippen LogP contribution in [-0.4, -0.2) is 25.0 Å². The third-order valence-corrected chi connectivity index (χ3v) is 3.63. The predicted molar refractivity (Wildman–Crippen MR) is 98.7 cm³/mol. The van der Waals surface area contributed by atoms with Crippen LogP contribution >= 0.6 is 0 Å². The lowest BCUT2D eigenvalue weighted by Crippen LogP contribution is -2.34. The minimum Gasteiger partial charge on any atom is -0.493 e. The van der Waals surface area contributed by atoms with Crippen LogP contribution < -0.4 is 15.4 Å². The van der Waals surface area contributed by atoms with Gasteiger partial charge in [0.1, 0.15) is 11.6 Å². The lowest BCUT2D eigenvalue weighted by molar-refractivity contribution is -0.117. The first kappa shape index (κ1) is 19.4. The molecule has 0 heterocycles. The number of anilines is 1. The van der Waals surface area contributed by atoms with Gasteiger partial charge in [-0.15, -0.1) is 0 Å². The van der Waals surface area contributed by atoms with Crippen LogP contribution in [-0.2, 0) is 4.79 Å². The number of carbonyl (C=O) groups excluding carboxylic acids is 2. The summed E-state index contributed by atoms with van der Waals surface area (Å²) in [4.78, 5) is 25.5. The van der Waals surface area contributed by atoms with E-state index in [1.807, 2.05) is 13.8 Å². The summed E-state index contributed by atoms with van der Waals surface area (Å²) in [5, 5.41) is 0. The van der Waals surface area contributed by atoms with Crippen molar-refractivity contribution in [3.05, 3.63) is 59.9 Å². The molecule has 0 aliphatic carbocycles. The Labute approximate surface area is 152 Å². The average Bonchev–Trinajstić information content (AvgIpc) is 2.61. The largest absolute Gasteiger partial charge is 0.493 e. The molecule has 2 N–H and O–H groups in total. The van der Waals surface area contributed by atoms with Gasteiger partial charge >= 0.3 is 0 Å². The molecule has 6 heteroatoms. The van der Waals surface area contributed by atoms with E-state index < -0.39 is 11.7 Å². The second kappa shape index (κ2) is 8.99. The Morgan fingerprint density at radius 1 is 1.15 bits per heavy atom. The van der Waals surface area contributed by atoms with Gasteiger partial charge in [0.15, 0.2) is 0 Å². The summed E-state index contributed by atoms with van der Waals surface area (Å²) >= 11 is 0. The Bertz CT molecular complexity index is 760. The Morgan fingerprint density at radius 3 is 2.46 bits per heavy atom. The fraction of sp³-hybridized carbons (Fsp3) is 0.300. The highest BCUT2D eigenvalue weighted by Crippen LogP contribution is 2.21. The zero-order valence-electron chi connectivity index (χ0n) is 14.9. The summed E-state index contributed by atoms with van der Waals surface area (Å²) in [5.41, 5.74) is 6.13. The molecule has 0 spiro atoms. The average molecular weight is 358 g/mol. The summed E-state index contributed by atoms with van der Waals surface area (Å²) < 4.78 is 18.9. The van der Waals surface area contributed by atoms with E-state index in [0.29, 0.717) is 29.5 Å². The number of nitrogens with two attached hydrogens (primary N) is 1. The Balaban J connectivity index is 2.26. The molecule has 2 amide bonds. The first-order valence-corrected chi connectivity index (χ1v) is 8.45. The van der Waals surface area contributed by atoms with Crippen molar-refractivity contribution in [2.45, 2.75) is 20.3 Å². The summed E-state index contributed by atoms with van der Waals surface area (Å²) in [6.07, 6.45) is 0.00660. The zero-order valence-corrected chi connectivity index (χ0v) is 14.9. The molecular weight excluding hydrogens is 335 g/mol. The smallest absolute Gasteiger partial charge is 0.258 e. The number of halogens is 1. The zero-order chi connectivity index (χ0) is 19.1. The summed E-state index contributed by atoms with van der Waals surface area (Å²) in [5.74, 6) is -0.272. The minimum atomic E-state index is -0.515. The molecule has 0 saturated carbocycles. The van der Waals surface area contributed by atoms with E-state index in [0.717, 1.165) is 0 Å². The van der Waals surface area contributed by atoms with Gasteiger partial charge in [-0.05, 0) is 48.4 Å². The van der Waals surface area contributed by atoms with Gasteiger partial charge < -0.3 is 15.4 Å². The summed E-state index contributed by atoms with van der Waals surface area (Å²) in [6.45, 7) is 4.72. The van der Waals surface area contributed by atoms with Crippen molar-refractivity contribution in [3.8, 4) is 5.75 Å². The Kier molecular flexibility index (Phi) is 6.72. The molecule has 0 bridgehead atoms. The maximum atomic E-state index is 13.2. The SMILES string of the molecule is CC(C)COc1cccc(C(=O)N(CCC(N)=O)c2ccc(F)cc2)c1. The van der Waals surface area contributed by atoms with Crippen molar-refractivity contribution < 1.29 is 18.7 Å². The lowest BCUT2D eigenvalue weighted by atomic mass is 10.1. The molecule has 0 atom stereocenters. The van der Waals surface area contributed by atoms with Crippen LogP contribution in [0.3, 0.4) is 0 Å². The molecule has 0 unspecified atom stereocenters. The highest BCUT2D eigenvalue weighted by Gasteiger charge is 2.19. The van der Waals surface area contributed by atoms with Crippen LogP contribution in [0.5, 0.6) is 5.75 Å². The molecule has 2 aromatic rings. The molecule has 0 aliphatic rings. The van der Waals surface area contributed by atoms with E-state index in [2.05, 4.69) is 0 Å². The van der Waals surface area contributed by atoms with Gasteiger partial charge in [-0.2, -0.15) is 0 Å². The van der Waals surface area contributed by atoms with Crippen LogP contribution in [0.2, 0.25) is 0 Å². The Morgan fingerprint density at radius 2 is 1.85 bits per heavy atom. The number of ether oxygens (including phenoxy) is 1. The standard InChI is InChI=1S/C20H23FN2O3/c1-14(2)13-26-18-5-3-4-15(12-18)20(25)23(11-10-19(22)24)17-8-6-16(21)7-9-17/h3-9,12,14H,10-11,13H2,1-2H3,(H2,22,24). The third-order valence-electron chi connectivity index (χ3n) is 3.63. The number of amides is 2. The van der Waals surface area contributed by atoms with Gasteiger partial charge in [0.2, 0.25) is 5.91 Å². The number of hydrogen-bond acceptors (Lipinski definition) is 3. The number of rotatable bonds is 8. The summed E-state index contributed by atoms with van der Waals surface area (Å²) in [6, 6.07) is 12.4. The van der Waals surface area contributed by atoms with E-state index >= 15 is 0 Å². The van der Waals surface area contributed by atoms with Gasteiger partial charge in [0.05, 0.1) is 6.61 Å². The first-order chi connectivity index (χ1) is 12.4. The van der Waals surface area contributed by atoms with E-state index in [-0.39, 0.29) is 18.9 Å². The molecule has 2 aromatic carbocycles.